The van der Waals surface area contributed by atoms with Gasteiger partial charge in [-0.15, -0.1) is 0 Å². The zero-order valence-corrected chi connectivity index (χ0v) is 18.2. The van der Waals surface area contributed by atoms with Gasteiger partial charge in [-0.3, -0.25) is 4.79 Å². The number of carbonyl (C=O) groups excluding carboxylic acids is 2. The molecule has 0 N–H and O–H groups in total. The normalized spacial score (nSPS) is 20.9. The number of esters is 2. The predicted octanol–water partition coefficient (Wildman–Crippen LogP) is 5.52. The summed E-state index contributed by atoms with van der Waals surface area (Å²) < 4.78 is 11.6. The molecule has 30 heavy (non-hydrogen) atoms. The van der Waals surface area contributed by atoms with Gasteiger partial charge in [0.1, 0.15) is 11.5 Å². The molecular formula is C26H32O4. The summed E-state index contributed by atoms with van der Waals surface area (Å²) in [5.41, 5.74) is 1.98. The molecule has 0 heterocycles. The van der Waals surface area contributed by atoms with Crippen LogP contribution in [-0.4, -0.2) is 24.6 Å². The maximum absolute atomic E-state index is 13.3. The van der Waals surface area contributed by atoms with Gasteiger partial charge in [-0.1, -0.05) is 61.9 Å². The molecule has 0 bridgehead atoms. The van der Waals surface area contributed by atoms with Crippen LogP contribution in [0.25, 0.3) is 0 Å². The Labute approximate surface area is 179 Å². The van der Waals surface area contributed by atoms with Crippen molar-refractivity contribution in [1.29, 1.82) is 0 Å². The van der Waals surface area contributed by atoms with Gasteiger partial charge in [-0.05, 0) is 62.6 Å². The highest BCUT2D eigenvalue weighted by Gasteiger charge is 2.52. The number of hydrogen-bond acceptors (Lipinski definition) is 4. The average Bonchev–Trinajstić information content (AvgIpc) is 3.15. The van der Waals surface area contributed by atoms with Crippen LogP contribution in [0.1, 0.15) is 61.0 Å². The van der Waals surface area contributed by atoms with E-state index in [-0.39, 0.29) is 17.9 Å². The zero-order chi connectivity index (χ0) is 21.6. The molecule has 160 valence electrons. The minimum Gasteiger partial charge on any atom is -0.465 e. The molecule has 1 aliphatic rings. The monoisotopic (exact) mass is 408 g/mol. The summed E-state index contributed by atoms with van der Waals surface area (Å²) in [6.45, 7) is 6.40. The highest BCUT2D eigenvalue weighted by Crippen LogP contribution is 2.45. The van der Waals surface area contributed by atoms with Crippen molar-refractivity contribution in [3.8, 4) is 0 Å². The van der Waals surface area contributed by atoms with Gasteiger partial charge in [0, 0.05) is 0 Å². The Morgan fingerprint density at radius 1 is 1.07 bits per heavy atom. The first kappa shape index (κ1) is 22.1. The van der Waals surface area contributed by atoms with Crippen molar-refractivity contribution < 1.29 is 19.1 Å². The highest BCUT2D eigenvalue weighted by molar-refractivity contribution is 5.90. The lowest BCUT2D eigenvalue weighted by Gasteiger charge is -2.33. The van der Waals surface area contributed by atoms with E-state index in [1.54, 1.807) is 12.1 Å². The maximum atomic E-state index is 13.3. The van der Waals surface area contributed by atoms with Crippen LogP contribution in [-0.2, 0) is 20.7 Å². The van der Waals surface area contributed by atoms with Crippen LogP contribution in [0.2, 0.25) is 0 Å². The van der Waals surface area contributed by atoms with Gasteiger partial charge < -0.3 is 9.47 Å². The summed E-state index contributed by atoms with van der Waals surface area (Å²) in [4.78, 5) is 26.0. The largest absolute Gasteiger partial charge is 0.465 e. The Balaban J connectivity index is 1.79. The Bertz CT molecular complexity index is 841. The first-order chi connectivity index (χ1) is 14.4. The predicted molar refractivity (Wildman–Crippen MR) is 117 cm³/mol. The van der Waals surface area contributed by atoms with Crippen LogP contribution in [0.3, 0.4) is 0 Å². The molecule has 4 nitrogen and oxygen atoms in total. The van der Waals surface area contributed by atoms with E-state index in [1.807, 2.05) is 51.1 Å². The van der Waals surface area contributed by atoms with E-state index in [0.717, 1.165) is 18.4 Å². The van der Waals surface area contributed by atoms with Crippen LogP contribution in [0.4, 0.5) is 0 Å². The third-order valence-electron chi connectivity index (χ3n) is 5.90. The Hall–Kier alpha value is -2.62. The fourth-order valence-electron chi connectivity index (χ4n) is 4.12. The fourth-order valence-corrected chi connectivity index (χ4v) is 4.12. The number of rotatable bonds is 8. The molecule has 0 radical (unpaired) electrons. The summed E-state index contributed by atoms with van der Waals surface area (Å²) in [5.74, 6) is -0.343. The minimum atomic E-state index is -0.787. The molecule has 0 aliphatic heterocycles. The summed E-state index contributed by atoms with van der Waals surface area (Å²) >= 11 is 0. The van der Waals surface area contributed by atoms with Gasteiger partial charge in [0.25, 0.3) is 0 Å². The van der Waals surface area contributed by atoms with E-state index in [2.05, 4.69) is 12.1 Å². The van der Waals surface area contributed by atoms with Crippen LogP contribution in [0.15, 0.2) is 54.6 Å². The second-order valence-corrected chi connectivity index (χ2v) is 8.79. The number of aryl methyl sites for hydroxylation is 2. The second kappa shape index (κ2) is 9.92. The van der Waals surface area contributed by atoms with Crippen molar-refractivity contribution in [2.45, 2.75) is 59.0 Å². The SMILES string of the molecule is Cc1ccc(C(=O)OC2CCCC2(CCc2ccccc2)C(=O)OCC(C)C)cc1. The van der Waals surface area contributed by atoms with Gasteiger partial charge in [0.05, 0.1) is 12.2 Å². The Kier molecular flexibility index (Phi) is 7.30. The molecule has 1 saturated carbocycles. The molecule has 1 aliphatic carbocycles. The lowest BCUT2D eigenvalue weighted by Crippen LogP contribution is -2.43. The summed E-state index contributed by atoms with van der Waals surface area (Å²) in [5, 5.41) is 0. The van der Waals surface area contributed by atoms with E-state index >= 15 is 0 Å². The number of ether oxygens (including phenoxy) is 2. The van der Waals surface area contributed by atoms with Gasteiger partial charge in [-0.2, -0.15) is 0 Å². The molecule has 2 unspecified atom stereocenters. The summed E-state index contributed by atoms with van der Waals surface area (Å²) in [7, 11) is 0. The average molecular weight is 409 g/mol. The first-order valence-corrected chi connectivity index (χ1v) is 10.9. The Morgan fingerprint density at radius 2 is 1.77 bits per heavy atom. The van der Waals surface area contributed by atoms with Gasteiger partial charge >= 0.3 is 11.9 Å². The van der Waals surface area contributed by atoms with Crippen LogP contribution >= 0.6 is 0 Å². The van der Waals surface area contributed by atoms with E-state index in [0.29, 0.717) is 31.4 Å². The Morgan fingerprint density at radius 3 is 2.43 bits per heavy atom. The lowest BCUT2D eigenvalue weighted by atomic mass is 9.78. The van der Waals surface area contributed by atoms with Gasteiger partial charge in [-0.25, -0.2) is 4.79 Å². The maximum Gasteiger partial charge on any atom is 0.338 e. The zero-order valence-electron chi connectivity index (χ0n) is 18.2. The van der Waals surface area contributed by atoms with Crippen LogP contribution in [0, 0.1) is 18.3 Å². The topological polar surface area (TPSA) is 52.6 Å². The molecule has 2 atom stereocenters. The van der Waals surface area contributed by atoms with Crippen molar-refractivity contribution in [3.63, 3.8) is 0 Å². The minimum absolute atomic E-state index is 0.230. The molecule has 0 aromatic heterocycles. The van der Waals surface area contributed by atoms with Crippen molar-refractivity contribution in [2.24, 2.45) is 11.3 Å². The van der Waals surface area contributed by atoms with E-state index in [1.165, 1.54) is 5.56 Å². The lowest BCUT2D eigenvalue weighted by molar-refractivity contribution is -0.163. The van der Waals surface area contributed by atoms with Crippen LogP contribution < -0.4 is 0 Å². The number of hydrogen-bond donors (Lipinski definition) is 0. The molecule has 1 fully saturated rings. The van der Waals surface area contributed by atoms with Gasteiger partial charge in [0.15, 0.2) is 0 Å². The van der Waals surface area contributed by atoms with Crippen molar-refractivity contribution in [3.05, 3.63) is 71.3 Å². The van der Waals surface area contributed by atoms with Crippen molar-refractivity contribution in [2.75, 3.05) is 6.61 Å². The quantitative estimate of drug-likeness (QED) is 0.540. The van der Waals surface area contributed by atoms with Crippen molar-refractivity contribution >= 4 is 11.9 Å². The third kappa shape index (κ3) is 5.29. The third-order valence-corrected chi connectivity index (χ3v) is 5.90. The molecule has 0 amide bonds. The molecule has 0 saturated heterocycles. The molecular weight excluding hydrogens is 376 g/mol. The van der Waals surface area contributed by atoms with E-state index in [4.69, 9.17) is 9.47 Å². The standard InChI is InChI=1S/C26H32O4/c1-19(2)18-29-25(28)26(17-15-21-8-5-4-6-9-21)16-7-10-23(26)30-24(27)22-13-11-20(3)12-14-22/h4-6,8-9,11-14,19,23H,7,10,15-18H2,1-3H3. The van der Waals surface area contributed by atoms with Crippen molar-refractivity contribution in [1.82, 2.24) is 0 Å². The number of carbonyl (C=O) groups is 2. The van der Waals surface area contributed by atoms with E-state index < -0.39 is 11.5 Å². The van der Waals surface area contributed by atoms with Gasteiger partial charge in [0.2, 0.25) is 0 Å². The first-order valence-electron chi connectivity index (χ1n) is 10.9. The molecule has 2 aromatic rings. The van der Waals surface area contributed by atoms with E-state index in [9.17, 15) is 9.59 Å². The smallest absolute Gasteiger partial charge is 0.338 e. The summed E-state index contributed by atoms with van der Waals surface area (Å²) in [6.07, 6.45) is 3.11. The molecule has 3 rings (SSSR count). The molecule has 2 aromatic carbocycles. The van der Waals surface area contributed by atoms with Crippen LogP contribution in [0.5, 0.6) is 0 Å². The number of benzene rings is 2. The second-order valence-electron chi connectivity index (χ2n) is 8.79. The molecule has 0 spiro atoms. The summed E-state index contributed by atoms with van der Waals surface area (Å²) in [6, 6.07) is 17.5. The molecule has 4 heteroatoms. The fraction of sp³-hybridized carbons (Fsp3) is 0.462. The highest BCUT2D eigenvalue weighted by atomic mass is 16.6.